The number of pyridine rings is 1. The Labute approximate surface area is 162 Å². The Bertz CT molecular complexity index is 1010. The number of rotatable bonds is 2. The molecule has 4 aliphatic rings. The molecule has 1 fully saturated rings. The zero-order valence-corrected chi connectivity index (χ0v) is 15.2. The van der Waals surface area contributed by atoms with Crippen LogP contribution in [0, 0.1) is 11.8 Å². The van der Waals surface area contributed by atoms with E-state index >= 15 is 0 Å². The van der Waals surface area contributed by atoms with Gasteiger partial charge in [0, 0.05) is 18.0 Å². The molecule has 3 aromatic rings. The van der Waals surface area contributed by atoms with Crippen molar-refractivity contribution in [2.75, 3.05) is 0 Å². The molecule has 2 atom stereocenters. The van der Waals surface area contributed by atoms with Crippen molar-refractivity contribution < 1.29 is 9.59 Å². The normalized spacial score (nSPS) is 26.8. The van der Waals surface area contributed by atoms with Crippen LogP contribution in [0.4, 0.5) is 0 Å². The summed E-state index contributed by atoms with van der Waals surface area (Å²) in [6.45, 7) is 0.248. The Hall–Kier alpha value is -3.27. The number of hydrogen-bond donors (Lipinski definition) is 0. The van der Waals surface area contributed by atoms with Gasteiger partial charge in [0.2, 0.25) is 11.8 Å². The molecule has 136 valence electrons. The Morgan fingerprint density at radius 3 is 1.57 bits per heavy atom. The lowest BCUT2D eigenvalue weighted by Crippen LogP contribution is -2.41. The van der Waals surface area contributed by atoms with Gasteiger partial charge in [0.05, 0.1) is 24.1 Å². The van der Waals surface area contributed by atoms with Gasteiger partial charge in [-0.15, -0.1) is 0 Å². The monoisotopic (exact) mass is 366 g/mol. The van der Waals surface area contributed by atoms with Gasteiger partial charge in [0.1, 0.15) is 0 Å². The smallest absolute Gasteiger partial charge is 0.234 e. The van der Waals surface area contributed by atoms with Crippen LogP contribution in [0.15, 0.2) is 72.9 Å². The first-order valence-corrected chi connectivity index (χ1v) is 9.68. The number of amides is 2. The molecule has 0 spiro atoms. The van der Waals surface area contributed by atoms with Gasteiger partial charge >= 0.3 is 0 Å². The number of carbonyl (C=O) groups is 2. The van der Waals surface area contributed by atoms with E-state index in [4.69, 9.17) is 0 Å². The van der Waals surface area contributed by atoms with Crippen molar-refractivity contribution in [3.8, 4) is 0 Å². The van der Waals surface area contributed by atoms with E-state index < -0.39 is 0 Å². The van der Waals surface area contributed by atoms with Gasteiger partial charge in [-0.1, -0.05) is 54.6 Å². The van der Waals surface area contributed by atoms with Crippen molar-refractivity contribution in [1.29, 1.82) is 0 Å². The molecule has 2 amide bonds. The second-order valence-electron chi connectivity index (χ2n) is 7.85. The summed E-state index contributed by atoms with van der Waals surface area (Å²) < 4.78 is 0. The molecule has 0 saturated carbocycles. The Morgan fingerprint density at radius 1 is 0.679 bits per heavy atom. The van der Waals surface area contributed by atoms with Crippen LogP contribution < -0.4 is 0 Å². The second-order valence-corrected chi connectivity index (χ2v) is 7.85. The number of likely N-dealkylation sites (tertiary alicyclic amines) is 1. The summed E-state index contributed by atoms with van der Waals surface area (Å²) >= 11 is 0. The van der Waals surface area contributed by atoms with Crippen LogP contribution in [0.25, 0.3) is 0 Å². The van der Waals surface area contributed by atoms with Gasteiger partial charge < -0.3 is 0 Å². The van der Waals surface area contributed by atoms with Crippen LogP contribution in [-0.4, -0.2) is 21.7 Å². The SMILES string of the molecule is O=C1[C@H]2C3c4ccccc4C(c4ccccc43)[C@@H]2C(=O)N1Cc1ccccn1. The standard InChI is InChI=1S/C24H18N2O2/c27-23-21-19-15-8-1-2-9-16(15)20(18-11-4-3-10-17(18)19)22(21)24(28)26(23)13-14-7-5-6-12-25-14/h1-12,19-22H,13H2/t19?,20?,21-,22-/m0/s1. The number of aromatic nitrogens is 1. The molecule has 0 radical (unpaired) electrons. The lowest BCUT2D eigenvalue weighted by atomic mass is 9.55. The van der Waals surface area contributed by atoms with E-state index in [0.717, 1.165) is 5.69 Å². The number of imide groups is 1. The van der Waals surface area contributed by atoms with Crippen molar-refractivity contribution in [2.24, 2.45) is 11.8 Å². The molecular weight excluding hydrogens is 348 g/mol. The molecule has 2 bridgehead atoms. The van der Waals surface area contributed by atoms with Gasteiger partial charge in [0.15, 0.2) is 0 Å². The van der Waals surface area contributed by atoms with E-state index in [0.29, 0.717) is 0 Å². The summed E-state index contributed by atoms with van der Waals surface area (Å²) in [6, 6.07) is 22.2. The highest BCUT2D eigenvalue weighted by Crippen LogP contribution is 2.60. The highest BCUT2D eigenvalue weighted by atomic mass is 16.2. The zero-order chi connectivity index (χ0) is 18.8. The van der Waals surface area contributed by atoms with Crippen molar-refractivity contribution in [3.05, 3.63) is 101 Å². The Morgan fingerprint density at radius 2 is 1.14 bits per heavy atom. The van der Waals surface area contributed by atoms with E-state index in [1.807, 2.05) is 42.5 Å². The van der Waals surface area contributed by atoms with Gasteiger partial charge in [-0.3, -0.25) is 19.5 Å². The Kier molecular flexibility index (Phi) is 3.16. The van der Waals surface area contributed by atoms with Crippen LogP contribution in [-0.2, 0) is 16.1 Å². The van der Waals surface area contributed by atoms with Gasteiger partial charge in [-0.2, -0.15) is 0 Å². The fourth-order valence-corrected chi connectivity index (χ4v) is 5.55. The lowest BCUT2D eigenvalue weighted by molar-refractivity contribution is -0.140. The largest absolute Gasteiger partial charge is 0.276 e. The highest BCUT2D eigenvalue weighted by Gasteiger charge is 2.61. The summed E-state index contributed by atoms with van der Waals surface area (Å²) in [7, 11) is 0. The fraction of sp³-hybridized carbons (Fsp3) is 0.208. The molecule has 7 rings (SSSR count). The summed E-state index contributed by atoms with van der Waals surface area (Å²) in [5, 5.41) is 0. The minimum absolute atomic E-state index is 0.0485. The number of hydrogen-bond acceptors (Lipinski definition) is 3. The molecule has 1 aromatic heterocycles. The molecule has 1 saturated heterocycles. The summed E-state index contributed by atoms with van der Waals surface area (Å²) in [5.74, 6) is -0.837. The number of nitrogens with zero attached hydrogens (tertiary/aromatic N) is 2. The molecule has 2 aromatic carbocycles. The predicted octanol–water partition coefficient (Wildman–Crippen LogP) is 3.47. The van der Waals surface area contributed by atoms with E-state index in [1.54, 1.807) is 6.20 Å². The predicted molar refractivity (Wildman–Crippen MR) is 103 cm³/mol. The molecule has 4 heteroatoms. The molecular formula is C24H18N2O2. The fourth-order valence-electron chi connectivity index (χ4n) is 5.55. The van der Waals surface area contributed by atoms with Crippen molar-refractivity contribution in [2.45, 2.75) is 18.4 Å². The average Bonchev–Trinajstić information content (AvgIpc) is 3.00. The van der Waals surface area contributed by atoms with E-state index in [9.17, 15) is 9.59 Å². The van der Waals surface area contributed by atoms with Crippen molar-refractivity contribution >= 4 is 11.8 Å². The van der Waals surface area contributed by atoms with Crippen LogP contribution >= 0.6 is 0 Å². The van der Waals surface area contributed by atoms with Crippen LogP contribution in [0.2, 0.25) is 0 Å². The zero-order valence-electron chi connectivity index (χ0n) is 15.2. The first-order chi connectivity index (χ1) is 13.8. The minimum Gasteiger partial charge on any atom is -0.276 e. The van der Waals surface area contributed by atoms with E-state index in [2.05, 4.69) is 29.2 Å². The molecule has 4 nitrogen and oxygen atoms in total. The summed E-state index contributed by atoms with van der Waals surface area (Å²) in [5.41, 5.74) is 5.55. The molecule has 28 heavy (non-hydrogen) atoms. The molecule has 3 aliphatic carbocycles. The second kappa shape index (κ2) is 5.61. The first kappa shape index (κ1) is 15.8. The quantitative estimate of drug-likeness (QED) is 0.653. The van der Waals surface area contributed by atoms with Crippen LogP contribution in [0.5, 0.6) is 0 Å². The van der Waals surface area contributed by atoms with Crippen LogP contribution in [0.1, 0.15) is 39.8 Å². The van der Waals surface area contributed by atoms with Gasteiger partial charge in [-0.05, 0) is 34.4 Å². The maximum absolute atomic E-state index is 13.4. The molecule has 2 heterocycles. The van der Waals surface area contributed by atoms with Gasteiger partial charge in [-0.25, -0.2) is 0 Å². The maximum atomic E-state index is 13.4. The highest BCUT2D eigenvalue weighted by molar-refractivity contribution is 6.07. The third-order valence-electron chi connectivity index (χ3n) is 6.59. The molecule has 1 aliphatic heterocycles. The third kappa shape index (κ3) is 1.92. The van der Waals surface area contributed by atoms with E-state index in [-0.39, 0.29) is 42.0 Å². The van der Waals surface area contributed by atoms with E-state index in [1.165, 1.54) is 27.2 Å². The number of carbonyl (C=O) groups excluding carboxylic acids is 2. The van der Waals surface area contributed by atoms with Crippen molar-refractivity contribution in [3.63, 3.8) is 0 Å². The minimum atomic E-state index is -0.314. The topological polar surface area (TPSA) is 50.3 Å². The summed E-state index contributed by atoms with van der Waals surface area (Å²) in [4.78, 5) is 32.6. The lowest BCUT2D eigenvalue weighted by Gasteiger charge is -2.45. The van der Waals surface area contributed by atoms with Crippen LogP contribution in [0.3, 0.4) is 0 Å². The molecule has 0 N–H and O–H groups in total. The van der Waals surface area contributed by atoms with Gasteiger partial charge in [0.25, 0.3) is 0 Å². The first-order valence-electron chi connectivity index (χ1n) is 9.68. The summed E-state index contributed by atoms with van der Waals surface area (Å²) in [6.07, 6.45) is 1.70. The molecule has 0 unspecified atom stereocenters. The van der Waals surface area contributed by atoms with Crippen molar-refractivity contribution in [1.82, 2.24) is 9.88 Å². The average molecular weight is 366 g/mol. The third-order valence-corrected chi connectivity index (χ3v) is 6.59. The Balaban J connectivity index is 1.50. The maximum Gasteiger partial charge on any atom is 0.234 e. The number of benzene rings is 2.